The number of nitrogens with one attached hydrogen (secondary N) is 1. The number of carboxylic acid groups (broad SMARTS) is 1. The molecular weight excluding hydrogens is 186 g/mol. The monoisotopic (exact) mass is 201 g/mol. The minimum absolute atomic E-state index is 0.00494. The van der Waals surface area contributed by atoms with Crippen LogP contribution in [0.2, 0.25) is 0 Å². The van der Waals surface area contributed by atoms with E-state index in [2.05, 4.69) is 5.32 Å². The Morgan fingerprint density at radius 2 is 2.29 bits per heavy atom. The minimum Gasteiger partial charge on any atom is -0.465 e. The van der Waals surface area contributed by atoms with Crippen molar-refractivity contribution in [3.05, 3.63) is 12.2 Å². The van der Waals surface area contributed by atoms with Crippen molar-refractivity contribution in [3.8, 4) is 0 Å². The maximum atomic E-state index is 10.5. The van der Waals surface area contributed by atoms with Crippen molar-refractivity contribution in [1.29, 1.82) is 0 Å². The van der Waals surface area contributed by atoms with Crippen molar-refractivity contribution >= 4 is 6.09 Å². The second-order valence-electron chi connectivity index (χ2n) is 3.57. The Hall–Kier alpha value is -1.07. The number of hydrogen-bond acceptors (Lipinski definition) is 3. The predicted octanol–water partition coefficient (Wildman–Crippen LogP) is -0.0564. The summed E-state index contributed by atoms with van der Waals surface area (Å²) in [6.07, 6.45) is 3.24. The van der Waals surface area contributed by atoms with Gasteiger partial charge in [0.1, 0.15) is 0 Å². The highest BCUT2D eigenvalue weighted by Crippen LogP contribution is 2.30. The van der Waals surface area contributed by atoms with E-state index in [4.69, 9.17) is 15.3 Å². The number of carbonyl (C=O) groups is 1. The van der Waals surface area contributed by atoms with Gasteiger partial charge in [-0.3, -0.25) is 0 Å². The zero-order chi connectivity index (χ0) is 10.6. The first kappa shape index (κ1) is 11.0. The third-order valence-electron chi connectivity index (χ3n) is 2.46. The highest BCUT2D eigenvalue weighted by atomic mass is 16.4. The van der Waals surface area contributed by atoms with Gasteiger partial charge in [0.25, 0.3) is 0 Å². The third-order valence-corrected chi connectivity index (χ3v) is 2.46. The first-order valence-corrected chi connectivity index (χ1v) is 4.54. The average Bonchev–Trinajstić information content (AvgIpc) is 2.48. The van der Waals surface area contributed by atoms with Crippen LogP contribution in [-0.4, -0.2) is 40.2 Å². The molecule has 1 rings (SSSR count). The summed E-state index contributed by atoms with van der Waals surface area (Å²) in [4.78, 5) is 10.5. The predicted molar refractivity (Wildman–Crippen MR) is 49.9 cm³/mol. The molecule has 0 aromatic carbocycles. The molecule has 80 valence electrons. The van der Waals surface area contributed by atoms with Crippen LogP contribution in [0.1, 0.15) is 12.8 Å². The van der Waals surface area contributed by atoms with Crippen LogP contribution in [-0.2, 0) is 0 Å². The van der Waals surface area contributed by atoms with Crippen LogP contribution in [0.15, 0.2) is 12.2 Å². The number of rotatable bonds is 4. The Balaban J connectivity index is 2.65. The van der Waals surface area contributed by atoms with E-state index in [1.807, 2.05) is 0 Å². The van der Waals surface area contributed by atoms with E-state index in [0.29, 0.717) is 12.8 Å². The van der Waals surface area contributed by atoms with Crippen molar-refractivity contribution in [3.63, 3.8) is 0 Å². The van der Waals surface area contributed by atoms with E-state index < -0.39 is 11.6 Å². The Kier molecular flexibility index (Phi) is 3.49. The van der Waals surface area contributed by atoms with Crippen LogP contribution in [0.3, 0.4) is 0 Å². The van der Waals surface area contributed by atoms with Crippen LogP contribution in [0.25, 0.3) is 0 Å². The summed E-state index contributed by atoms with van der Waals surface area (Å²) < 4.78 is 0. The van der Waals surface area contributed by atoms with Crippen molar-refractivity contribution in [2.45, 2.75) is 18.4 Å². The summed E-state index contributed by atoms with van der Waals surface area (Å²) in [6, 6.07) is 0. The molecule has 0 aliphatic heterocycles. The quantitative estimate of drug-likeness (QED) is 0.480. The SMILES string of the molecule is O=C(O)NC1(CCO)C=CC(CO)C1. The van der Waals surface area contributed by atoms with Crippen molar-refractivity contribution in [2.24, 2.45) is 5.92 Å². The molecule has 0 spiro atoms. The number of aliphatic hydroxyl groups is 2. The normalized spacial score (nSPS) is 30.6. The molecule has 0 fully saturated rings. The average molecular weight is 201 g/mol. The van der Waals surface area contributed by atoms with Gasteiger partial charge >= 0.3 is 6.09 Å². The Labute approximate surface area is 82.1 Å². The van der Waals surface area contributed by atoms with Gasteiger partial charge in [-0.25, -0.2) is 4.79 Å². The third kappa shape index (κ3) is 2.46. The smallest absolute Gasteiger partial charge is 0.405 e. The minimum atomic E-state index is -1.11. The van der Waals surface area contributed by atoms with Gasteiger partial charge in [-0.2, -0.15) is 0 Å². The molecular formula is C9H15NO4. The van der Waals surface area contributed by atoms with E-state index in [9.17, 15) is 4.79 Å². The maximum Gasteiger partial charge on any atom is 0.405 e. The van der Waals surface area contributed by atoms with E-state index in [1.54, 1.807) is 12.2 Å². The second kappa shape index (κ2) is 4.43. The van der Waals surface area contributed by atoms with Gasteiger partial charge in [0, 0.05) is 19.1 Å². The summed E-state index contributed by atoms with van der Waals surface area (Å²) in [5, 5.41) is 28.8. The van der Waals surface area contributed by atoms with Crippen LogP contribution >= 0.6 is 0 Å². The molecule has 5 heteroatoms. The topological polar surface area (TPSA) is 89.8 Å². The maximum absolute atomic E-state index is 10.5. The van der Waals surface area contributed by atoms with E-state index >= 15 is 0 Å². The molecule has 4 N–H and O–H groups in total. The molecule has 0 aromatic heterocycles. The molecule has 0 saturated heterocycles. The summed E-state index contributed by atoms with van der Waals surface area (Å²) in [6.45, 7) is -0.0756. The van der Waals surface area contributed by atoms with Crippen molar-refractivity contribution in [2.75, 3.05) is 13.2 Å². The molecule has 0 saturated carbocycles. The molecule has 14 heavy (non-hydrogen) atoms. The van der Waals surface area contributed by atoms with Crippen LogP contribution in [0.4, 0.5) is 4.79 Å². The van der Waals surface area contributed by atoms with Crippen molar-refractivity contribution in [1.82, 2.24) is 5.32 Å². The number of aliphatic hydroxyl groups excluding tert-OH is 2. The van der Waals surface area contributed by atoms with Gasteiger partial charge in [-0.1, -0.05) is 12.2 Å². The zero-order valence-electron chi connectivity index (χ0n) is 7.81. The molecule has 1 amide bonds. The summed E-state index contributed by atoms with van der Waals surface area (Å²) in [7, 11) is 0. The molecule has 1 aliphatic carbocycles. The van der Waals surface area contributed by atoms with Gasteiger partial charge in [0.05, 0.1) is 5.54 Å². The second-order valence-corrected chi connectivity index (χ2v) is 3.57. The fraction of sp³-hybridized carbons (Fsp3) is 0.667. The lowest BCUT2D eigenvalue weighted by Gasteiger charge is -2.27. The largest absolute Gasteiger partial charge is 0.465 e. The molecule has 0 radical (unpaired) electrons. The molecule has 0 heterocycles. The molecule has 5 nitrogen and oxygen atoms in total. The molecule has 2 atom stereocenters. The molecule has 0 aromatic rings. The molecule has 0 bridgehead atoms. The lowest BCUT2D eigenvalue weighted by molar-refractivity contribution is 0.165. The van der Waals surface area contributed by atoms with Gasteiger partial charge in [0.15, 0.2) is 0 Å². The zero-order valence-corrected chi connectivity index (χ0v) is 7.81. The van der Waals surface area contributed by atoms with E-state index in [1.165, 1.54) is 0 Å². The summed E-state index contributed by atoms with van der Waals surface area (Å²) >= 11 is 0. The van der Waals surface area contributed by atoms with Gasteiger partial charge < -0.3 is 20.6 Å². The van der Waals surface area contributed by atoms with Crippen LogP contribution in [0, 0.1) is 5.92 Å². The summed E-state index contributed by atoms with van der Waals surface area (Å²) in [5.74, 6) is -0.0200. The van der Waals surface area contributed by atoms with Crippen LogP contribution in [0.5, 0.6) is 0 Å². The lowest BCUT2D eigenvalue weighted by atomic mass is 9.92. The molecule has 2 unspecified atom stereocenters. The summed E-state index contributed by atoms with van der Waals surface area (Å²) in [5.41, 5.74) is -0.700. The van der Waals surface area contributed by atoms with Gasteiger partial charge in [0.2, 0.25) is 0 Å². The highest BCUT2D eigenvalue weighted by Gasteiger charge is 2.35. The fourth-order valence-corrected chi connectivity index (χ4v) is 1.80. The highest BCUT2D eigenvalue weighted by molar-refractivity contribution is 5.66. The first-order valence-electron chi connectivity index (χ1n) is 4.54. The number of hydrogen-bond donors (Lipinski definition) is 4. The Morgan fingerprint density at radius 3 is 2.71 bits per heavy atom. The molecule has 1 aliphatic rings. The van der Waals surface area contributed by atoms with Crippen molar-refractivity contribution < 1.29 is 20.1 Å². The van der Waals surface area contributed by atoms with E-state index in [0.717, 1.165) is 0 Å². The van der Waals surface area contributed by atoms with Gasteiger partial charge in [-0.05, 0) is 12.8 Å². The first-order chi connectivity index (χ1) is 6.62. The lowest BCUT2D eigenvalue weighted by Crippen LogP contribution is -2.46. The Bertz CT molecular complexity index is 241. The van der Waals surface area contributed by atoms with E-state index in [-0.39, 0.29) is 19.1 Å². The number of amides is 1. The standard InChI is InChI=1S/C9H15NO4/c11-4-3-9(10-8(13)14)2-1-7(5-9)6-12/h1-2,7,10-12H,3-6H2,(H,13,14). The van der Waals surface area contributed by atoms with Crippen LogP contribution < -0.4 is 5.32 Å². The Morgan fingerprint density at radius 1 is 1.57 bits per heavy atom. The van der Waals surface area contributed by atoms with Gasteiger partial charge in [-0.15, -0.1) is 0 Å². The fourth-order valence-electron chi connectivity index (χ4n) is 1.80.